The first-order valence-corrected chi connectivity index (χ1v) is 4.31. The minimum Gasteiger partial charge on any atom is -0.310 e. The van der Waals surface area contributed by atoms with Gasteiger partial charge in [0.25, 0.3) is 5.56 Å². The zero-order valence-corrected chi connectivity index (χ0v) is 6.94. The van der Waals surface area contributed by atoms with Gasteiger partial charge < -0.3 is 5.01 Å². The molecule has 2 heterocycles. The fraction of sp³-hybridized carbons (Fsp3) is 0.444. The lowest BCUT2D eigenvalue weighted by Gasteiger charge is -2.19. The van der Waals surface area contributed by atoms with Gasteiger partial charge in [-0.15, -0.1) is 0 Å². The molecule has 1 aliphatic heterocycles. The summed E-state index contributed by atoms with van der Waals surface area (Å²) in [5.74, 6) is 0. The van der Waals surface area contributed by atoms with Gasteiger partial charge in [0.1, 0.15) is 0 Å². The van der Waals surface area contributed by atoms with Crippen molar-refractivity contribution < 1.29 is 0 Å². The average Bonchev–Trinajstić information content (AvgIpc) is 2.57. The van der Waals surface area contributed by atoms with E-state index in [-0.39, 0.29) is 5.56 Å². The van der Waals surface area contributed by atoms with E-state index in [0.29, 0.717) is 0 Å². The van der Waals surface area contributed by atoms with E-state index in [0.717, 1.165) is 13.1 Å². The topological polar surface area (TPSA) is 25.2 Å². The maximum atomic E-state index is 11.3. The van der Waals surface area contributed by atoms with Gasteiger partial charge in [-0.2, -0.15) is 0 Å². The van der Waals surface area contributed by atoms with Crippen LogP contribution >= 0.6 is 0 Å². The van der Waals surface area contributed by atoms with Gasteiger partial charge >= 0.3 is 0 Å². The van der Waals surface area contributed by atoms with Crippen LogP contribution in [0, 0.1) is 0 Å². The van der Waals surface area contributed by atoms with Gasteiger partial charge in [-0.25, -0.2) is 4.68 Å². The number of aromatic nitrogens is 1. The van der Waals surface area contributed by atoms with E-state index >= 15 is 0 Å². The lowest BCUT2D eigenvalue weighted by Crippen LogP contribution is -2.38. The van der Waals surface area contributed by atoms with Gasteiger partial charge in [0, 0.05) is 25.4 Å². The predicted molar refractivity (Wildman–Crippen MR) is 47.9 cm³/mol. The third-order valence-corrected chi connectivity index (χ3v) is 2.19. The van der Waals surface area contributed by atoms with Crippen molar-refractivity contribution in [2.75, 3.05) is 18.1 Å². The third-order valence-electron chi connectivity index (χ3n) is 2.19. The molecule has 1 aromatic heterocycles. The standard InChI is InChI=1S/C9H12N2O/c12-9-5-1-2-8-11(9)10-6-3-4-7-10/h1-2,5,8H,3-4,6-7H2. The minimum atomic E-state index is 0.0689. The third kappa shape index (κ3) is 1.22. The second-order valence-electron chi connectivity index (χ2n) is 3.04. The Kier molecular flexibility index (Phi) is 1.86. The number of hydrogen-bond acceptors (Lipinski definition) is 2. The van der Waals surface area contributed by atoms with Crippen LogP contribution in [0.1, 0.15) is 12.8 Å². The Morgan fingerprint density at radius 3 is 2.58 bits per heavy atom. The number of nitrogens with zero attached hydrogens (tertiary/aromatic N) is 2. The minimum absolute atomic E-state index is 0.0689. The molecule has 0 spiro atoms. The second-order valence-corrected chi connectivity index (χ2v) is 3.04. The van der Waals surface area contributed by atoms with Crippen molar-refractivity contribution in [3.63, 3.8) is 0 Å². The molecule has 1 saturated heterocycles. The molecule has 0 N–H and O–H groups in total. The monoisotopic (exact) mass is 164 g/mol. The molecule has 64 valence electrons. The fourth-order valence-corrected chi connectivity index (χ4v) is 1.57. The van der Waals surface area contributed by atoms with E-state index in [4.69, 9.17) is 0 Å². The molecule has 0 bridgehead atoms. The molecule has 2 rings (SSSR count). The fourth-order valence-electron chi connectivity index (χ4n) is 1.57. The van der Waals surface area contributed by atoms with Gasteiger partial charge in [-0.05, 0) is 18.9 Å². The number of hydrogen-bond donors (Lipinski definition) is 0. The zero-order chi connectivity index (χ0) is 8.39. The first-order valence-electron chi connectivity index (χ1n) is 4.31. The summed E-state index contributed by atoms with van der Waals surface area (Å²) < 4.78 is 1.70. The first-order chi connectivity index (χ1) is 5.88. The van der Waals surface area contributed by atoms with E-state index in [1.54, 1.807) is 16.8 Å². The molecule has 1 aromatic rings. The smallest absolute Gasteiger partial charge is 0.268 e. The normalized spacial score (nSPS) is 16.8. The van der Waals surface area contributed by atoms with E-state index in [1.165, 1.54) is 12.8 Å². The highest BCUT2D eigenvalue weighted by Gasteiger charge is 2.11. The molecule has 0 unspecified atom stereocenters. The van der Waals surface area contributed by atoms with E-state index in [2.05, 4.69) is 5.01 Å². The predicted octanol–water partition coefficient (Wildman–Crippen LogP) is 0.580. The van der Waals surface area contributed by atoms with E-state index in [1.807, 2.05) is 12.3 Å². The van der Waals surface area contributed by atoms with Gasteiger partial charge in [-0.3, -0.25) is 4.79 Å². The Morgan fingerprint density at radius 1 is 1.17 bits per heavy atom. The van der Waals surface area contributed by atoms with Crippen molar-refractivity contribution in [3.8, 4) is 0 Å². The van der Waals surface area contributed by atoms with Crippen LogP contribution in [0.25, 0.3) is 0 Å². The van der Waals surface area contributed by atoms with Crippen LogP contribution in [0.4, 0.5) is 0 Å². The van der Waals surface area contributed by atoms with Crippen LogP contribution in [-0.2, 0) is 0 Å². The van der Waals surface area contributed by atoms with Gasteiger partial charge in [-0.1, -0.05) is 6.07 Å². The molecular weight excluding hydrogens is 152 g/mol. The lowest BCUT2D eigenvalue weighted by atomic mass is 10.4. The highest BCUT2D eigenvalue weighted by molar-refractivity contribution is 5.00. The quantitative estimate of drug-likeness (QED) is 0.606. The number of rotatable bonds is 1. The molecule has 1 aliphatic rings. The SMILES string of the molecule is O=c1ccccn1N1CCCC1. The maximum Gasteiger partial charge on any atom is 0.268 e. The van der Waals surface area contributed by atoms with Gasteiger partial charge in [0.15, 0.2) is 0 Å². The highest BCUT2D eigenvalue weighted by atomic mass is 16.1. The van der Waals surface area contributed by atoms with Gasteiger partial charge in [0.05, 0.1) is 0 Å². The first kappa shape index (κ1) is 7.40. The Balaban J connectivity index is 2.32. The summed E-state index contributed by atoms with van der Waals surface area (Å²) >= 11 is 0. The zero-order valence-electron chi connectivity index (χ0n) is 6.94. The highest BCUT2D eigenvalue weighted by Crippen LogP contribution is 2.03. The van der Waals surface area contributed by atoms with E-state index < -0.39 is 0 Å². The Morgan fingerprint density at radius 2 is 1.92 bits per heavy atom. The lowest BCUT2D eigenvalue weighted by molar-refractivity contribution is 0.639. The molecule has 3 nitrogen and oxygen atoms in total. The molecule has 3 heteroatoms. The van der Waals surface area contributed by atoms with Crippen LogP contribution in [0.2, 0.25) is 0 Å². The van der Waals surface area contributed by atoms with Crippen molar-refractivity contribution in [2.24, 2.45) is 0 Å². The summed E-state index contributed by atoms with van der Waals surface area (Å²) in [5.41, 5.74) is 0.0689. The van der Waals surface area contributed by atoms with Crippen molar-refractivity contribution in [1.82, 2.24) is 4.68 Å². The molecule has 12 heavy (non-hydrogen) atoms. The summed E-state index contributed by atoms with van der Waals surface area (Å²) in [4.78, 5) is 11.3. The van der Waals surface area contributed by atoms with Gasteiger partial charge in [0.2, 0.25) is 0 Å². The van der Waals surface area contributed by atoms with Crippen molar-refractivity contribution >= 4 is 0 Å². The van der Waals surface area contributed by atoms with Crippen LogP contribution in [-0.4, -0.2) is 17.8 Å². The van der Waals surface area contributed by atoms with Crippen molar-refractivity contribution in [3.05, 3.63) is 34.7 Å². The molecule has 0 saturated carbocycles. The summed E-state index contributed by atoms with van der Waals surface area (Å²) in [6, 6.07) is 5.26. The maximum absolute atomic E-state index is 11.3. The Labute approximate surface area is 71.2 Å². The molecular formula is C9H12N2O. The Bertz CT molecular complexity index is 312. The van der Waals surface area contributed by atoms with Crippen LogP contribution in [0.3, 0.4) is 0 Å². The van der Waals surface area contributed by atoms with Crippen molar-refractivity contribution in [1.29, 1.82) is 0 Å². The van der Waals surface area contributed by atoms with Crippen LogP contribution in [0.5, 0.6) is 0 Å². The molecule has 0 aromatic carbocycles. The molecule has 0 aliphatic carbocycles. The summed E-state index contributed by atoms with van der Waals surface area (Å²) in [7, 11) is 0. The second kappa shape index (κ2) is 3.01. The summed E-state index contributed by atoms with van der Waals surface area (Å²) in [6.07, 6.45) is 4.22. The van der Waals surface area contributed by atoms with Crippen molar-refractivity contribution in [2.45, 2.75) is 12.8 Å². The number of pyridine rings is 1. The molecule has 0 radical (unpaired) electrons. The Hall–Kier alpha value is -1.25. The molecule has 0 atom stereocenters. The van der Waals surface area contributed by atoms with Crippen LogP contribution in [0.15, 0.2) is 29.2 Å². The molecule has 1 fully saturated rings. The summed E-state index contributed by atoms with van der Waals surface area (Å²) in [5, 5.41) is 2.09. The largest absolute Gasteiger partial charge is 0.310 e. The van der Waals surface area contributed by atoms with E-state index in [9.17, 15) is 4.79 Å². The van der Waals surface area contributed by atoms with Crippen LogP contribution < -0.4 is 10.6 Å². The molecule has 0 amide bonds. The average molecular weight is 164 g/mol. The summed E-state index contributed by atoms with van der Waals surface area (Å²) in [6.45, 7) is 2.01.